The summed E-state index contributed by atoms with van der Waals surface area (Å²) in [5.74, 6) is 2.42. The predicted octanol–water partition coefficient (Wildman–Crippen LogP) is 2.45. The molecular weight excluding hydrogens is 326 g/mol. The Labute approximate surface area is 152 Å². The molecule has 0 unspecified atom stereocenters. The summed E-state index contributed by atoms with van der Waals surface area (Å²) in [5, 5.41) is 0.897. The average Bonchev–Trinajstić information content (AvgIpc) is 2.68. The van der Waals surface area contributed by atoms with Crippen LogP contribution in [0.5, 0.6) is 0 Å². The van der Waals surface area contributed by atoms with Crippen LogP contribution in [0.15, 0.2) is 36.5 Å². The smallest absolute Gasteiger partial charge is 0.228 e. The minimum Gasteiger partial charge on any atom is -0.383 e. The van der Waals surface area contributed by atoms with Crippen LogP contribution in [0.25, 0.3) is 10.9 Å². The van der Waals surface area contributed by atoms with Gasteiger partial charge in [0.05, 0.1) is 5.52 Å². The van der Waals surface area contributed by atoms with Crippen molar-refractivity contribution < 1.29 is 0 Å². The van der Waals surface area contributed by atoms with Gasteiger partial charge in [-0.05, 0) is 24.1 Å². The Morgan fingerprint density at radius 1 is 0.885 bits per heavy atom. The first-order chi connectivity index (χ1) is 12.6. The largest absolute Gasteiger partial charge is 0.383 e. The Kier molecular flexibility index (Phi) is 4.28. The maximum Gasteiger partial charge on any atom is 0.228 e. The molecule has 0 saturated carbocycles. The molecule has 1 aliphatic rings. The highest BCUT2D eigenvalue weighted by Gasteiger charge is 2.22. The third-order valence-corrected chi connectivity index (χ3v) is 4.72. The fourth-order valence-electron chi connectivity index (χ4n) is 3.17. The maximum atomic E-state index is 6.12. The molecule has 2 aromatic heterocycles. The number of aromatic nitrogens is 4. The van der Waals surface area contributed by atoms with Crippen LogP contribution in [-0.4, -0.2) is 46.1 Å². The quantitative estimate of drug-likeness (QED) is 0.777. The summed E-state index contributed by atoms with van der Waals surface area (Å²) < 4.78 is 0. The molecule has 0 amide bonds. The fourth-order valence-corrected chi connectivity index (χ4v) is 3.17. The lowest BCUT2D eigenvalue weighted by molar-refractivity contribution is 0.626. The van der Waals surface area contributed by atoms with E-state index in [1.807, 2.05) is 36.5 Å². The van der Waals surface area contributed by atoms with Crippen LogP contribution in [-0.2, 0) is 0 Å². The SMILES string of the molecule is CC(C)c1ccnc(N2CCN(c3nc(N)c4ccccc4n3)CC2)n1. The second-order valence-corrected chi connectivity index (χ2v) is 6.84. The van der Waals surface area contributed by atoms with Gasteiger partial charge in [-0.15, -0.1) is 0 Å². The number of nitrogens with two attached hydrogens (primary N) is 1. The van der Waals surface area contributed by atoms with E-state index >= 15 is 0 Å². The zero-order chi connectivity index (χ0) is 18.1. The van der Waals surface area contributed by atoms with Crippen molar-refractivity contribution in [1.29, 1.82) is 0 Å². The monoisotopic (exact) mass is 349 g/mol. The molecule has 2 N–H and O–H groups in total. The van der Waals surface area contributed by atoms with Gasteiger partial charge in [0.2, 0.25) is 11.9 Å². The van der Waals surface area contributed by atoms with Crippen molar-refractivity contribution in [1.82, 2.24) is 19.9 Å². The average molecular weight is 349 g/mol. The van der Waals surface area contributed by atoms with Crippen LogP contribution >= 0.6 is 0 Å². The number of fused-ring (bicyclic) bond motifs is 1. The molecule has 3 heterocycles. The first kappa shape index (κ1) is 16.5. The maximum absolute atomic E-state index is 6.12. The number of nitrogen functional groups attached to an aromatic ring is 1. The number of anilines is 3. The lowest BCUT2D eigenvalue weighted by Crippen LogP contribution is -2.47. The minimum absolute atomic E-state index is 0.395. The lowest BCUT2D eigenvalue weighted by atomic mass is 10.1. The van der Waals surface area contributed by atoms with Gasteiger partial charge < -0.3 is 15.5 Å². The van der Waals surface area contributed by atoms with E-state index in [0.29, 0.717) is 17.7 Å². The summed E-state index contributed by atoms with van der Waals surface area (Å²) >= 11 is 0. The molecule has 0 spiro atoms. The number of benzene rings is 1. The number of para-hydroxylation sites is 1. The fraction of sp³-hybridized carbons (Fsp3) is 0.368. The zero-order valence-corrected chi connectivity index (χ0v) is 15.1. The van der Waals surface area contributed by atoms with E-state index in [1.165, 1.54) is 0 Å². The Balaban J connectivity index is 1.51. The van der Waals surface area contributed by atoms with Gasteiger partial charge >= 0.3 is 0 Å². The van der Waals surface area contributed by atoms with Crippen molar-refractivity contribution in [2.75, 3.05) is 41.7 Å². The molecule has 0 atom stereocenters. The Bertz CT molecular complexity index is 917. The number of hydrogen-bond acceptors (Lipinski definition) is 7. The molecule has 3 aromatic rings. The summed E-state index contributed by atoms with van der Waals surface area (Å²) in [6.45, 7) is 7.58. The van der Waals surface area contributed by atoms with Gasteiger partial charge in [-0.3, -0.25) is 0 Å². The Hall–Kier alpha value is -2.96. The highest BCUT2D eigenvalue weighted by molar-refractivity contribution is 5.88. The first-order valence-corrected chi connectivity index (χ1v) is 8.97. The second kappa shape index (κ2) is 6.74. The van der Waals surface area contributed by atoms with E-state index in [0.717, 1.165) is 48.7 Å². The third-order valence-electron chi connectivity index (χ3n) is 4.72. The lowest BCUT2D eigenvalue weighted by Gasteiger charge is -2.35. The van der Waals surface area contributed by atoms with Crippen LogP contribution in [0.1, 0.15) is 25.5 Å². The van der Waals surface area contributed by atoms with Crippen LogP contribution in [0, 0.1) is 0 Å². The summed E-state index contributed by atoms with van der Waals surface area (Å²) in [7, 11) is 0. The van der Waals surface area contributed by atoms with Crippen LogP contribution < -0.4 is 15.5 Å². The molecule has 134 valence electrons. The zero-order valence-electron chi connectivity index (χ0n) is 15.1. The number of hydrogen-bond donors (Lipinski definition) is 1. The Morgan fingerprint density at radius 3 is 2.31 bits per heavy atom. The van der Waals surface area contributed by atoms with Crippen molar-refractivity contribution in [2.45, 2.75) is 19.8 Å². The van der Waals surface area contributed by atoms with E-state index < -0.39 is 0 Å². The molecule has 0 radical (unpaired) electrons. The predicted molar refractivity (Wildman–Crippen MR) is 104 cm³/mol. The molecule has 0 aliphatic carbocycles. The molecular formula is C19H23N7. The molecule has 1 aliphatic heterocycles. The van der Waals surface area contributed by atoms with E-state index in [4.69, 9.17) is 10.7 Å². The summed E-state index contributed by atoms with van der Waals surface area (Å²) in [5.41, 5.74) is 8.07. The standard InChI is InChI=1S/C19H23N7/c1-13(2)15-7-8-21-18(22-15)25-9-11-26(12-10-25)19-23-16-6-4-3-5-14(16)17(20)24-19/h3-8,13H,9-12H2,1-2H3,(H2,20,23,24). The van der Waals surface area contributed by atoms with E-state index in [-0.39, 0.29) is 0 Å². The van der Waals surface area contributed by atoms with Crippen molar-refractivity contribution >= 4 is 28.6 Å². The normalized spacial score (nSPS) is 15.0. The molecule has 26 heavy (non-hydrogen) atoms. The molecule has 0 bridgehead atoms. The molecule has 1 fully saturated rings. The van der Waals surface area contributed by atoms with Crippen LogP contribution in [0.4, 0.5) is 17.7 Å². The first-order valence-electron chi connectivity index (χ1n) is 8.97. The van der Waals surface area contributed by atoms with Gasteiger partial charge in [0.1, 0.15) is 5.82 Å². The van der Waals surface area contributed by atoms with Crippen molar-refractivity contribution in [2.24, 2.45) is 0 Å². The number of nitrogens with zero attached hydrogens (tertiary/aromatic N) is 6. The van der Waals surface area contributed by atoms with Crippen molar-refractivity contribution in [3.63, 3.8) is 0 Å². The van der Waals surface area contributed by atoms with Gasteiger partial charge in [0.25, 0.3) is 0 Å². The summed E-state index contributed by atoms with van der Waals surface area (Å²) in [4.78, 5) is 22.7. The van der Waals surface area contributed by atoms with E-state index in [2.05, 4.69) is 38.6 Å². The van der Waals surface area contributed by atoms with Crippen molar-refractivity contribution in [3.05, 3.63) is 42.2 Å². The minimum atomic E-state index is 0.395. The van der Waals surface area contributed by atoms with E-state index in [1.54, 1.807) is 0 Å². The highest BCUT2D eigenvalue weighted by Crippen LogP contribution is 2.22. The molecule has 1 saturated heterocycles. The van der Waals surface area contributed by atoms with Gasteiger partial charge in [0.15, 0.2) is 0 Å². The Morgan fingerprint density at radius 2 is 1.58 bits per heavy atom. The van der Waals surface area contributed by atoms with Gasteiger partial charge in [-0.25, -0.2) is 15.0 Å². The molecule has 7 heteroatoms. The summed E-state index contributed by atoms with van der Waals surface area (Å²) in [6.07, 6.45) is 1.84. The van der Waals surface area contributed by atoms with Gasteiger partial charge in [0, 0.05) is 43.5 Å². The third kappa shape index (κ3) is 3.12. The van der Waals surface area contributed by atoms with Gasteiger partial charge in [-0.2, -0.15) is 4.98 Å². The van der Waals surface area contributed by atoms with Gasteiger partial charge in [-0.1, -0.05) is 26.0 Å². The molecule has 4 rings (SSSR count). The second-order valence-electron chi connectivity index (χ2n) is 6.84. The summed E-state index contributed by atoms with van der Waals surface area (Å²) in [6, 6.07) is 9.82. The number of rotatable bonds is 3. The topological polar surface area (TPSA) is 84.1 Å². The molecule has 1 aromatic carbocycles. The van der Waals surface area contributed by atoms with Crippen molar-refractivity contribution in [3.8, 4) is 0 Å². The molecule has 7 nitrogen and oxygen atoms in total. The van der Waals surface area contributed by atoms with Crippen LogP contribution in [0.2, 0.25) is 0 Å². The number of piperazine rings is 1. The van der Waals surface area contributed by atoms with E-state index in [9.17, 15) is 0 Å². The van der Waals surface area contributed by atoms with Crippen LogP contribution in [0.3, 0.4) is 0 Å². The highest BCUT2D eigenvalue weighted by atomic mass is 15.4.